The van der Waals surface area contributed by atoms with Gasteiger partial charge in [0.05, 0.1) is 12.6 Å². The number of amides is 1. The molecule has 6 nitrogen and oxygen atoms in total. The van der Waals surface area contributed by atoms with E-state index in [1.165, 1.54) is 11.1 Å². The SMILES string of the molecule is Cc1ccccc1CCNC1=NCC2CN(C(=O)OC(C)(C)C)CCN12.I. The Morgan fingerprint density at radius 3 is 2.74 bits per heavy atom. The zero-order valence-corrected chi connectivity index (χ0v) is 19.0. The number of aliphatic imine (C=N–C) groups is 1. The lowest BCUT2D eigenvalue weighted by molar-refractivity contribution is 0.0137. The van der Waals surface area contributed by atoms with Crippen molar-refractivity contribution in [1.29, 1.82) is 0 Å². The first-order valence-electron chi connectivity index (χ1n) is 9.41. The van der Waals surface area contributed by atoms with Gasteiger partial charge in [0.25, 0.3) is 0 Å². The van der Waals surface area contributed by atoms with E-state index in [4.69, 9.17) is 4.74 Å². The Hall–Kier alpha value is -1.51. The molecule has 1 aromatic carbocycles. The molecule has 2 heterocycles. The molecule has 0 saturated carbocycles. The predicted octanol–water partition coefficient (Wildman–Crippen LogP) is 3.04. The maximum absolute atomic E-state index is 12.3. The van der Waals surface area contributed by atoms with E-state index >= 15 is 0 Å². The molecule has 2 aliphatic heterocycles. The van der Waals surface area contributed by atoms with Crippen molar-refractivity contribution >= 4 is 36.0 Å². The molecular weight excluding hydrogens is 455 g/mol. The lowest BCUT2D eigenvalue weighted by Crippen LogP contribution is -2.57. The molecule has 150 valence electrons. The first kappa shape index (κ1) is 21.8. The number of ether oxygens (including phenoxy) is 1. The van der Waals surface area contributed by atoms with Crippen LogP contribution in [0, 0.1) is 6.92 Å². The fraction of sp³-hybridized carbons (Fsp3) is 0.600. The summed E-state index contributed by atoms with van der Waals surface area (Å²) in [6.45, 7) is 11.6. The van der Waals surface area contributed by atoms with Crippen LogP contribution in [-0.2, 0) is 11.2 Å². The van der Waals surface area contributed by atoms with Gasteiger partial charge in [-0.1, -0.05) is 24.3 Å². The molecular formula is C20H31IN4O2. The standard InChI is InChI=1S/C20H30N4O2.HI/c1-15-7-5-6-8-16(15)9-10-21-18-22-13-17-14-23(11-12-24(17)18)19(25)26-20(2,3)4;/h5-8,17H,9-14H2,1-4H3,(H,21,22);1H. The number of rotatable bonds is 3. The minimum Gasteiger partial charge on any atom is -0.444 e. The van der Waals surface area contributed by atoms with E-state index in [0.717, 1.165) is 32.0 Å². The van der Waals surface area contributed by atoms with Crippen LogP contribution in [0.1, 0.15) is 31.9 Å². The van der Waals surface area contributed by atoms with Crippen LogP contribution >= 0.6 is 24.0 Å². The highest BCUT2D eigenvalue weighted by Crippen LogP contribution is 2.18. The summed E-state index contributed by atoms with van der Waals surface area (Å²) >= 11 is 0. The first-order valence-corrected chi connectivity index (χ1v) is 9.41. The number of piperazine rings is 1. The van der Waals surface area contributed by atoms with Crippen molar-refractivity contribution in [3.05, 3.63) is 35.4 Å². The van der Waals surface area contributed by atoms with E-state index in [0.29, 0.717) is 13.1 Å². The van der Waals surface area contributed by atoms with Crippen LogP contribution in [0.3, 0.4) is 0 Å². The van der Waals surface area contributed by atoms with Gasteiger partial charge in [0, 0.05) is 26.2 Å². The Labute approximate surface area is 179 Å². The van der Waals surface area contributed by atoms with Gasteiger partial charge in [0.15, 0.2) is 5.96 Å². The molecule has 1 unspecified atom stereocenters. The molecule has 1 atom stereocenters. The number of guanidine groups is 1. The van der Waals surface area contributed by atoms with Gasteiger partial charge < -0.3 is 19.9 Å². The molecule has 2 aliphatic rings. The number of benzene rings is 1. The maximum Gasteiger partial charge on any atom is 0.410 e. The number of hydrogen-bond donors (Lipinski definition) is 1. The topological polar surface area (TPSA) is 57.2 Å². The summed E-state index contributed by atoms with van der Waals surface area (Å²) in [5.74, 6) is 0.965. The Morgan fingerprint density at radius 2 is 2.04 bits per heavy atom. The molecule has 1 aromatic rings. The van der Waals surface area contributed by atoms with Crippen molar-refractivity contribution in [2.45, 2.75) is 45.8 Å². The number of fused-ring (bicyclic) bond motifs is 1. The lowest BCUT2D eigenvalue weighted by Gasteiger charge is -2.39. The molecule has 1 saturated heterocycles. The van der Waals surface area contributed by atoms with Crippen molar-refractivity contribution in [3.8, 4) is 0 Å². The molecule has 1 amide bonds. The van der Waals surface area contributed by atoms with Crippen molar-refractivity contribution in [1.82, 2.24) is 15.1 Å². The van der Waals surface area contributed by atoms with Gasteiger partial charge in [-0.15, -0.1) is 24.0 Å². The molecule has 1 N–H and O–H groups in total. The number of hydrogen-bond acceptors (Lipinski definition) is 5. The number of aryl methyl sites for hydroxylation is 1. The second-order valence-corrected chi connectivity index (χ2v) is 8.04. The zero-order valence-electron chi connectivity index (χ0n) is 16.7. The molecule has 7 heteroatoms. The molecule has 1 fully saturated rings. The second kappa shape index (κ2) is 9.12. The third-order valence-corrected chi connectivity index (χ3v) is 4.80. The highest BCUT2D eigenvalue weighted by Gasteiger charge is 2.36. The normalized spacial score (nSPS) is 19.1. The minimum atomic E-state index is -0.456. The van der Waals surface area contributed by atoms with Gasteiger partial charge in [-0.3, -0.25) is 4.99 Å². The van der Waals surface area contributed by atoms with Gasteiger partial charge in [0.1, 0.15) is 5.60 Å². The number of halogens is 1. The molecule has 0 radical (unpaired) electrons. The fourth-order valence-corrected chi connectivity index (χ4v) is 3.42. The van der Waals surface area contributed by atoms with Crippen LogP contribution in [0.25, 0.3) is 0 Å². The third-order valence-electron chi connectivity index (χ3n) is 4.80. The van der Waals surface area contributed by atoms with Crippen molar-refractivity contribution in [2.75, 3.05) is 32.7 Å². The Bertz CT molecular complexity index is 687. The Balaban J connectivity index is 0.00000261. The van der Waals surface area contributed by atoms with E-state index in [1.54, 1.807) is 4.90 Å². The summed E-state index contributed by atoms with van der Waals surface area (Å²) in [4.78, 5) is 21.0. The fourth-order valence-electron chi connectivity index (χ4n) is 3.42. The molecule has 0 bridgehead atoms. The predicted molar refractivity (Wildman–Crippen MR) is 119 cm³/mol. The number of carbonyl (C=O) groups is 1. The third kappa shape index (κ3) is 5.73. The molecule has 0 aliphatic carbocycles. The van der Waals surface area contributed by atoms with E-state index in [9.17, 15) is 4.79 Å². The highest BCUT2D eigenvalue weighted by atomic mass is 127. The van der Waals surface area contributed by atoms with Gasteiger partial charge in [-0.05, 0) is 45.2 Å². The number of nitrogens with zero attached hydrogens (tertiary/aromatic N) is 3. The maximum atomic E-state index is 12.3. The minimum absolute atomic E-state index is 0. The van der Waals surface area contributed by atoms with Crippen molar-refractivity contribution in [3.63, 3.8) is 0 Å². The van der Waals surface area contributed by atoms with Crippen LogP contribution in [0.15, 0.2) is 29.3 Å². The van der Waals surface area contributed by atoms with Crippen LogP contribution < -0.4 is 5.32 Å². The van der Waals surface area contributed by atoms with E-state index in [1.807, 2.05) is 20.8 Å². The first-order chi connectivity index (χ1) is 12.3. The molecule has 0 aromatic heterocycles. The van der Waals surface area contributed by atoms with Gasteiger partial charge >= 0.3 is 6.09 Å². The second-order valence-electron chi connectivity index (χ2n) is 8.04. The van der Waals surface area contributed by atoms with E-state index < -0.39 is 5.60 Å². The number of nitrogens with one attached hydrogen (secondary N) is 1. The average molecular weight is 486 g/mol. The number of carbonyl (C=O) groups excluding carboxylic acids is 1. The largest absolute Gasteiger partial charge is 0.444 e. The summed E-state index contributed by atoms with van der Waals surface area (Å²) in [5, 5.41) is 3.48. The van der Waals surface area contributed by atoms with Crippen LogP contribution in [0.5, 0.6) is 0 Å². The van der Waals surface area contributed by atoms with Gasteiger partial charge in [-0.2, -0.15) is 0 Å². The Morgan fingerprint density at radius 1 is 1.30 bits per heavy atom. The summed E-state index contributed by atoms with van der Waals surface area (Å²) in [6.07, 6.45) is 0.756. The van der Waals surface area contributed by atoms with Gasteiger partial charge in [0.2, 0.25) is 0 Å². The monoisotopic (exact) mass is 486 g/mol. The quantitative estimate of drug-likeness (QED) is 0.668. The molecule has 27 heavy (non-hydrogen) atoms. The van der Waals surface area contributed by atoms with Crippen LogP contribution in [-0.4, -0.2) is 66.2 Å². The molecule has 0 spiro atoms. The summed E-state index contributed by atoms with van der Waals surface area (Å²) in [7, 11) is 0. The van der Waals surface area contributed by atoms with Crippen LogP contribution in [0.4, 0.5) is 4.79 Å². The zero-order chi connectivity index (χ0) is 18.7. The smallest absolute Gasteiger partial charge is 0.410 e. The van der Waals surface area contributed by atoms with Gasteiger partial charge in [-0.25, -0.2) is 4.79 Å². The average Bonchev–Trinajstić information content (AvgIpc) is 2.97. The van der Waals surface area contributed by atoms with Crippen molar-refractivity contribution < 1.29 is 9.53 Å². The van der Waals surface area contributed by atoms with Crippen molar-refractivity contribution in [2.24, 2.45) is 4.99 Å². The summed E-state index contributed by atoms with van der Waals surface area (Å²) in [5.41, 5.74) is 2.24. The summed E-state index contributed by atoms with van der Waals surface area (Å²) < 4.78 is 5.49. The van der Waals surface area contributed by atoms with Crippen LogP contribution in [0.2, 0.25) is 0 Å². The van der Waals surface area contributed by atoms with E-state index in [2.05, 4.69) is 46.4 Å². The lowest BCUT2D eigenvalue weighted by atomic mass is 10.1. The van der Waals surface area contributed by atoms with E-state index in [-0.39, 0.29) is 36.1 Å². The highest BCUT2D eigenvalue weighted by molar-refractivity contribution is 14.0. The summed E-state index contributed by atoms with van der Waals surface area (Å²) in [6, 6.07) is 8.73. The molecule has 3 rings (SSSR count). The Kier molecular flexibility index (Phi) is 7.36.